The lowest BCUT2D eigenvalue weighted by molar-refractivity contribution is 0.315. The third-order valence-corrected chi connectivity index (χ3v) is 3.84. The molecule has 0 aliphatic carbocycles. The van der Waals surface area contributed by atoms with E-state index in [1.165, 1.54) is 30.6 Å². The van der Waals surface area contributed by atoms with Gasteiger partial charge >= 0.3 is 0 Å². The first-order valence-corrected chi connectivity index (χ1v) is 7.06. The molecule has 1 fully saturated rings. The predicted molar refractivity (Wildman–Crippen MR) is 79.3 cm³/mol. The van der Waals surface area contributed by atoms with Gasteiger partial charge in [-0.3, -0.25) is 0 Å². The number of rotatable bonds is 4. The number of hydrogen-bond acceptors (Lipinski definition) is 2. The summed E-state index contributed by atoms with van der Waals surface area (Å²) in [5, 5.41) is 0. The van der Waals surface area contributed by atoms with Gasteiger partial charge in [-0.2, -0.15) is 0 Å². The van der Waals surface area contributed by atoms with E-state index in [0.717, 1.165) is 12.5 Å². The lowest BCUT2D eigenvalue weighted by Gasteiger charge is -2.22. The molecule has 2 heteroatoms. The van der Waals surface area contributed by atoms with Crippen molar-refractivity contribution in [2.24, 2.45) is 5.92 Å². The molecular weight excluding hydrogens is 220 g/mol. The van der Waals surface area contributed by atoms with Crippen LogP contribution in [0.4, 0.5) is 5.69 Å². The van der Waals surface area contributed by atoms with Crippen molar-refractivity contribution < 1.29 is 0 Å². The molecule has 0 saturated carbocycles. The molecule has 2 nitrogen and oxygen atoms in total. The highest BCUT2D eigenvalue weighted by Gasteiger charge is 2.23. The van der Waals surface area contributed by atoms with Crippen LogP contribution in [-0.4, -0.2) is 38.1 Å². The normalized spacial score (nSPS) is 20.1. The third kappa shape index (κ3) is 3.26. The van der Waals surface area contributed by atoms with E-state index in [1.54, 1.807) is 0 Å². The average Bonchev–Trinajstić information content (AvgIpc) is 2.78. The first-order chi connectivity index (χ1) is 8.56. The highest BCUT2D eigenvalue weighted by molar-refractivity contribution is 5.48. The van der Waals surface area contributed by atoms with Crippen LogP contribution in [0, 0.1) is 5.92 Å². The van der Waals surface area contributed by atoms with Crippen molar-refractivity contribution in [1.29, 1.82) is 0 Å². The Labute approximate surface area is 112 Å². The maximum Gasteiger partial charge on any atom is 0.0366 e. The molecule has 0 bridgehead atoms. The Morgan fingerprint density at radius 3 is 2.39 bits per heavy atom. The van der Waals surface area contributed by atoms with Crippen LogP contribution in [-0.2, 0) is 6.42 Å². The monoisotopic (exact) mass is 246 g/mol. The summed E-state index contributed by atoms with van der Waals surface area (Å²) < 4.78 is 0. The Kier molecular flexibility index (Phi) is 4.28. The molecule has 0 amide bonds. The van der Waals surface area contributed by atoms with Gasteiger partial charge in [0.1, 0.15) is 0 Å². The summed E-state index contributed by atoms with van der Waals surface area (Å²) in [4.78, 5) is 4.84. The molecule has 100 valence electrons. The summed E-state index contributed by atoms with van der Waals surface area (Å²) in [6.07, 6.45) is 2.46. The van der Waals surface area contributed by atoms with Crippen LogP contribution in [0.2, 0.25) is 0 Å². The quantitative estimate of drug-likeness (QED) is 0.806. The Morgan fingerprint density at radius 2 is 1.89 bits per heavy atom. The van der Waals surface area contributed by atoms with E-state index in [1.807, 2.05) is 0 Å². The zero-order chi connectivity index (χ0) is 13.1. The first-order valence-electron chi connectivity index (χ1n) is 7.06. The van der Waals surface area contributed by atoms with Crippen molar-refractivity contribution >= 4 is 5.69 Å². The van der Waals surface area contributed by atoms with E-state index in [-0.39, 0.29) is 0 Å². The fraction of sp³-hybridized carbons (Fsp3) is 0.625. The molecule has 1 unspecified atom stereocenters. The number of anilines is 1. The van der Waals surface area contributed by atoms with Crippen molar-refractivity contribution in [3.05, 3.63) is 29.8 Å². The van der Waals surface area contributed by atoms with Crippen LogP contribution in [0.15, 0.2) is 24.3 Å². The highest BCUT2D eigenvalue weighted by Crippen LogP contribution is 2.23. The van der Waals surface area contributed by atoms with Crippen LogP contribution in [0.25, 0.3) is 0 Å². The lowest BCUT2D eigenvalue weighted by Crippen LogP contribution is -2.31. The van der Waals surface area contributed by atoms with Crippen molar-refractivity contribution in [3.8, 4) is 0 Å². The summed E-state index contributed by atoms with van der Waals surface area (Å²) >= 11 is 0. The second kappa shape index (κ2) is 5.75. The zero-order valence-electron chi connectivity index (χ0n) is 12.2. The number of benzene rings is 1. The SMILES string of the molecule is CC(C)Cc1ccc(N2CCC(N(C)C)C2)cc1. The van der Waals surface area contributed by atoms with Crippen LogP contribution in [0.1, 0.15) is 25.8 Å². The predicted octanol–water partition coefficient (Wildman–Crippen LogP) is 3.03. The molecule has 1 atom stereocenters. The summed E-state index contributed by atoms with van der Waals surface area (Å²) in [6, 6.07) is 9.86. The van der Waals surface area contributed by atoms with E-state index in [2.05, 4.69) is 62.0 Å². The fourth-order valence-corrected chi connectivity index (χ4v) is 2.71. The summed E-state index contributed by atoms with van der Waals surface area (Å²) in [5.41, 5.74) is 2.84. The molecule has 0 radical (unpaired) electrons. The topological polar surface area (TPSA) is 6.48 Å². The third-order valence-electron chi connectivity index (χ3n) is 3.84. The minimum atomic E-state index is 0.709. The number of nitrogens with zero attached hydrogens (tertiary/aromatic N) is 2. The van der Waals surface area contributed by atoms with Crippen molar-refractivity contribution in [1.82, 2.24) is 4.90 Å². The van der Waals surface area contributed by atoms with Gasteiger partial charge in [-0.15, -0.1) is 0 Å². The van der Waals surface area contributed by atoms with Gasteiger partial charge in [-0.05, 0) is 50.6 Å². The van der Waals surface area contributed by atoms with Gasteiger partial charge in [0.15, 0.2) is 0 Å². The Bertz CT molecular complexity index is 367. The standard InChI is InChI=1S/C16H26N2/c1-13(2)11-14-5-7-15(8-6-14)18-10-9-16(12-18)17(3)4/h5-8,13,16H,9-12H2,1-4H3. The summed E-state index contributed by atoms with van der Waals surface area (Å²) in [6.45, 7) is 6.90. The Balaban J connectivity index is 1.98. The molecule has 0 N–H and O–H groups in total. The summed E-state index contributed by atoms with van der Waals surface area (Å²) in [5.74, 6) is 0.737. The van der Waals surface area contributed by atoms with Gasteiger partial charge in [0.25, 0.3) is 0 Å². The van der Waals surface area contributed by atoms with Crippen LogP contribution < -0.4 is 4.90 Å². The largest absolute Gasteiger partial charge is 0.370 e. The van der Waals surface area contributed by atoms with E-state index in [4.69, 9.17) is 0 Å². The molecule has 1 aromatic carbocycles. The van der Waals surface area contributed by atoms with E-state index >= 15 is 0 Å². The summed E-state index contributed by atoms with van der Waals surface area (Å²) in [7, 11) is 4.36. The molecule has 18 heavy (non-hydrogen) atoms. The molecular formula is C16H26N2. The van der Waals surface area contributed by atoms with Gasteiger partial charge in [0.2, 0.25) is 0 Å². The van der Waals surface area contributed by atoms with Gasteiger partial charge in [0.05, 0.1) is 0 Å². The maximum atomic E-state index is 2.50. The van der Waals surface area contributed by atoms with E-state index in [0.29, 0.717) is 6.04 Å². The average molecular weight is 246 g/mol. The van der Waals surface area contributed by atoms with E-state index < -0.39 is 0 Å². The maximum absolute atomic E-state index is 2.50. The lowest BCUT2D eigenvalue weighted by atomic mass is 10.0. The van der Waals surface area contributed by atoms with Crippen molar-refractivity contribution in [2.45, 2.75) is 32.7 Å². The number of hydrogen-bond donors (Lipinski definition) is 0. The molecule has 1 saturated heterocycles. The van der Waals surface area contributed by atoms with Crippen LogP contribution in [0.5, 0.6) is 0 Å². The zero-order valence-corrected chi connectivity index (χ0v) is 12.2. The molecule has 2 rings (SSSR count). The first kappa shape index (κ1) is 13.4. The van der Waals surface area contributed by atoms with E-state index in [9.17, 15) is 0 Å². The van der Waals surface area contributed by atoms with Crippen molar-refractivity contribution in [2.75, 3.05) is 32.1 Å². The molecule has 1 aliphatic heterocycles. The minimum Gasteiger partial charge on any atom is -0.370 e. The molecule has 0 spiro atoms. The van der Waals surface area contributed by atoms with Crippen molar-refractivity contribution in [3.63, 3.8) is 0 Å². The molecule has 1 aliphatic rings. The van der Waals surface area contributed by atoms with Gasteiger partial charge in [0, 0.05) is 24.8 Å². The molecule has 1 aromatic rings. The minimum absolute atomic E-state index is 0.709. The second-order valence-electron chi connectivity index (χ2n) is 6.12. The van der Waals surface area contributed by atoms with Gasteiger partial charge < -0.3 is 9.80 Å². The molecule has 1 heterocycles. The highest BCUT2D eigenvalue weighted by atomic mass is 15.2. The van der Waals surface area contributed by atoms with Crippen LogP contribution >= 0.6 is 0 Å². The van der Waals surface area contributed by atoms with Gasteiger partial charge in [-0.25, -0.2) is 0 Å². The second-order valence-corrected chi connectivity index (χ2v) is 6.12. The fourth-order valence-electron chi connectivity index (χ4n) is 2.71. The smallest absolute Gasteiger partial charge is 0.0366 e. The Morgan fingerprint density at radius 1 is 1.22 bits per heavy atom. The van der Waals surface area contributed by atoms with Gasteiger partial charge in [-0.1, -0.05) is 26.0 Å². The Hall–Kier alpha value is -1.02. The molecule has 0 aromatic heterocycles. The number of likely N-dealkylation sites (N-methyl/N-ethyl adjacent to an activating group) is 1. The van der Waals surface area contributed by atoms with Crippen LogP contribution in [0.3, 0.4) is 0 Å².